The van der Waals surface area contributed by atoms with E-state index in [-0.39, 0.29) is 17.1 Å². The Morgan fingerprint density at radius 1 is 1.25 bits per heavy atom. The molecule has 0 unspecified atom stereocenters. The Morgan fingerprint density at radius 3 is 2.68 bits per heavy atom. The predicted molar refractivity (Wildman–Crippen MR) is 114 cm³/mol. The maximum Gasteiger partial charge on any atom is 0.259 e. The van der Waals surface area contributed by atoms with Gasteiger partial charge in [-0.1, -0.05) is 19.3 Å². The van der Waals surface area contributed by atoms with Gasteiger partial charge in [0.05, 0.1) is 24.6 Å². The van der Waals surface area contributed by atoms with Crippen molar-refractivity contribution in [1.82, 2.24) is 20.2 Å². The van der Waals surface area contributed by atoms with Gasteiger partial charge in [0.1, 0.15) is 10.7 Å². The van der Waals surface area contributed by atoms with Crippen molar-refractivity contribution < 1.29 is 4.74 Å². The SMILES string of the molecule is Cc1sc2nc([C@H](C)NCC3(N4CCOCC4)CCCCC3)[nH]c(=O)c2c1C. The standard InChI is InChI=1S/C21H32N4O2S/c1-14-16(3)28-20-17(14)19(26)23-18(24-20)15(2)22-13-21(7-5-4-6-8-21)25-9-11-27-12-10-25/h15,22H,4-13H2,1-3H3,(H,23,24,26)/t15-/m0/s1. The normalized spacial score (nSPS) is 21.8. The lowest BCUT2D eigenvalue weighted by Gasteiger charge is -2.48. The number of aryl methyl sites for hydroxylation is 2. The van der Waals surface area contributed by atoms with E-state index in [1.165, 1.54) is 37.0 Å². The first-order valence-electron chi connectivity index (χ1n) is 10.6. The van der Waals surface area contributed by atoms with Crippen molar-refractivity contribution in [2.75, 3.05) is 32.8 Å². The minimum atomic E-state index is -0.0175. The van der Waals surface area contributed by atoms with Gasteiger partial charge in [0.15, 0.2) is 0 Å². The zero-order valence-electron chi connectivity index (χ0n) is 17.3. The van der Waals surface area contributed by atoms with Crippen LogP contribution >= 0.6 is 11.3 Å². The Kier molecular flexibility index (Phi) is 5.88. The molecule has 3 heterocycles. The molecule has 0 aromatic carbocycles. The maximum absolute atomic E-state index is 12.6. The van der Waals surface area contributed by atoms with E-state index >= 15 is 0 Å². The fourth-order valence-electron chi connectivity index (χ4n) is 4.77. The smallest absolute Gasteiger partial charge is 0.259 e. The Labute approximate surface area is 170 Å². The first-order chi connectivity index (χ1) is 13.5. The zero-order chi connectivity index (χ0) is 19.7. The van der Waals surface area contributed by atoms with Crippen molar-refractivity contribution in [3.05, 3.63) is 26.6 Å². The van der Waals surface area contributed by atoms with Gasteiger partial charge in [-0.3, -0.25) is 9.69 Å². The minimum Gasteiger partial charge on any atom is -0.379 e. The monoisotopic (exact) mass is 404 g/mol. The molecule has 0 radical (unpaired) electrons. The summed E-state index contributed by atoms with van der Waals surface area (Å²) in [5.41, 5.74) is 1.24. The van der Waals surface area contributed by atoms with Crippen LogP contribution in [0.5, 0.6) is 0 Å². The number of ether oxygens (including phenoxy) is 1. The van der Waals surface area contributed by atoms with Crippen molar-refractivity contribution in [2.24, 2.45) is 0 Å². The van der Waals surface area contributed by atoms with Gasteiger partial charge < -0.3 is 15.0 Å². The summed E-state index contributed by atoms with van der Waals surface area (Å²) in [6, 6.07) is 0.0136. The van der Waals surface area contributed by atoms with E-state index in [0.29, 0.717) is 0 Å². The predicted octanol–water partition coefficient (Wildman–Crippen LogP) is 3.29. The van der Waals surface area contributed by atoms with Crippen molar-refractivity contribution in [3.63, 3.8) is 0 Å². The van der Waals surface area contributed by atoms with Gasteiger partial charge in [-0.05, 0) is 39.2 Å². The maximum atomic E-state index is 12.6. The molecule has 0 amide bonds. The van der Waals surface area contributed by atoms with Gasteiger partial charge in [-0.15, -0.1) is 11.3 Å². The van der Waals surface area contributed by atoms with Crippen LogP contribution < -0.4 is 10.9 Å². The summed E-state index contributed by atoms with van der Waals surface area (Å²) >= 11 is 1.61. The Balaban J connectivity index is 1.53. The number of hydrogen-bond acceptors (Lipinski definition) is 6. The summed E-state index contributed by atoms with van der Waals surface area (Å²) in [5, 5.41) is 4.46. The molecular formula is C21H32N4O2S. The van der Waals surface area contributed by atoms with Crippen molar-refractivity contribution in [3.8, 4) is 0 Å². The molecule has 0 spiro atoms. The molecule has 1 saturated heterocycles. The summed E-state index contributed by atoms with van der Waals surface area (Å²) in [6.07, 6.45) is 6.40. The first-order valence-corrected chi connectivity index (χ1v) is 11.4. The van der Waals surface area contributed by atoms with Crippen molar-refractivity contribution in [2.45, 2.75) is 64.5 Å². The highest BCUT2D eigenvalue weighted by molar-refractivity contribution is 7.18. The molecule has 1 aliphatic carbocycles. The van der Waals surface area contributed by atoms with E-state index in [2.05, 4.69) is 29.0 Å². The molecule has 1 aliphatic heterocycles. The van der Waals surface area contributed by atoms with Crippen LogP contribution in [0.25, 0.3) is 10.2 Å². The van der Waals surface area contributed by atoms with Gasteiger partial charge in [0.25, 0.3) is 5.56 Å². The molecule has 2 aromatic heterocycles. The van der Waals surface area contributed by atoms with Gasteiger partial charge in [-0.2, -0.15) is 0 Å². The highest BCUT2D eigenvalue weighted by atomic mass is 32.1. The molecule has 2 fully saturated rings. The molecule has 4 rings (SSSR count). The number of rotatable bonds is 5. The summed E-state index contributed by atoms with van der Waals surface area (Å²) in [4.78, 5) is 25.1. The largest absolute Gasteiger partial charge is 0.379 e. The Hall–Kier alpha value is -1.28. The zero-order valence-corrected chi connectivity index (χ0v) is 18.1. The molecule has 0 bridgehead atoms. The van der Waals surface area contributed by atoms with Crippen LogP contribution in [0.4, 0.5) is 0 Å². The summed E-state index contributed by atoms with van der Waals surface area (Å²) in [5.74, 6) is 0.742. The van der Waals surface area contributed by atoms with Crippen LogP contribution in [0.15, 0.2) is 4.79 Å². The van der Waals surface area contributed by atoms with Crippen LogP contribution in [0, 0.1) is 13.8 Å². The fourth-order valence-corrected chi connectivity index (χ4v) is 5.81. The number of nitrogens with one attached hydrogen (secondary N) is 2. The summed E-state index contributed by atoms with van der Waals surface area (Å²) in [6.45, 7) is 10.8. The summed E-state index contributed by atoms with van der Waals surface area (Å²) < 4.78 is 5.59. The van der Waals surface area contributed by atoms with Crippen molar-refractivity contribution in [1.29, 1.82) is 0 Å². The summed E-state index contributed by atoms with van der Waals surface area (Å²) in [7, 11) is 0. The number of thiophene rings is 1. The van der Waals surface area contributed by atoms with Crippen molar-refractivity contribution >= 4 is 21.6 Å². The van der Waals surface area contributed by atoms with Crippen LogP contribution in [-0.2, 0) is 4.74 Å². The second kappa shape index (κ2) is 8.22. The lowest BCUT2D eigenvalue weighted by Crippen LogP contribution is -2.59. The van der Waals surface area contributed by atoms with Crippen LogP contribution in [-0.4, -0.2) is 53.3 Å². The third-order valence-corrected chi connectivity index (χ3v) is 7.77. The minimum absolute atomic E-state index is 0.0136. The topological polar surface area (TPSA) is 70.2 Å². The molecule has 2 N–H and O–H groups in total. The number of aromatic amines is 1. The number of fused-ring (bicyclic) bond motifs is 1. The van der Waals surface area contributed by atoms with E-state index in [9.17, 15) is 4.79 Å². The molecule has 6 nitrogen and oxygen atoms in total. The van der Waals surface area contributed by atoms with Gasteiger partial charge in [0, 0.05) is 30.1 Å². The lowest BCUT2D eigenvalue weighted by molar-refractivity contribution is -0.0376. The fraction of sp³-hybridized carbons (Fsp3) is 0.714. The van der Waals surface area contributed by atoms with Crippen LogP contribution in [0.1, 0.15) is 61.3 Å². The van der Waals surface area contributed by atoms with Crippen LogP contribution in [0.3, 0.4) is 0 Å². The van der Waals surface area contributed by atoms with Gasteiger partial charge >= 0.3 is 0 Å². The van der Waals surface area contributed by atoms with E-state index in [1.54, 1.807) is 11.3 Å². The molecule has 1 atom stereocenters. The van der Waals surface area contributed by atoms with Gasteiger partial charge in [0.2, 0.25) is 0 Å². The highest BCUT2D eigenvalue weighted by Crippen LogP contribution is 2.34. The average molecular weight is 405 g/mol. The molecule has 28 heavy (non-hydrogen) atoms. The van der Waals surface area contributed by atoms with E-state index in [4.69, 9.17) is 9.72 Å². The van der Waals surface area contributed by atoms with E-state index in [0.717, 1.165) is 54.5 Å². The number of nitrogens with zero attached hydrogens (tertiary/aromatic N) is 2. The van der Waals surface area contributed by atoms with E-state index < -0.39 is 0 Å². The average Bonchev–Trinajstić information content (AvgIpc) is 3.01. The highest BCUT2D eigenvalue weighted by Gasteiger charge is 2.38. The van der Waals surface area contributed by atoms with Gasteiger partial charge in [-0.25, -0.2) is 4.98 Å². The third-order valence-electron chi connectivity index (χ3n) is 6.67. The second-order valence-corrected chi connectivity index (χ2v) is 9.60. The molecule has 2 aromatic rings. The molecule has 154 valence electrons. The van der Waals surface area contributed by atoms with E-state index in [1.807, 2.05) is 6.92 Å². The molecule has 1 saturated carbocycles. The lowest BCUT2D eigenvalue weighted by atomic mass is 9.79. The molecular weight excluding hydrogens is 372 g/mol. The van der Waals surface area contributed by atoms with Crippen LogP contribution in [0.2, 0.25) is 0 Å². The Morgan fingerprint density at radius 2 is 1.96 bits per heavy atom. The first kappa shape index (κ1) is 20.0. The number of hydrogen-bond donors (Lipinski definition) is 2. The molecule has 2 aliphatic rings. The number of aromatic nitrogens is 2. The second-order valence-electron chi connectivity index (χ2n) is 8.40. The third kappa shape index (κ3) is 3.77. The Bertz CT molecular complexity index is 878. The number of H-pyrrole nitrogens is 1. The quantitative estimate of drug-likeness (QED) is 0.800. The number of morpholine rings is 1. The molecule has 7 heteroatoms.